The van der Waals surface area contributed by atoms with Crippen molar-refractivity contribution < 1.29 is 9.13 Å². The van der Waals surface area contributed by atoms with E-state index in [9.17, 15) is 4.39 Å². The molecule has 4 rings (SSSR count). The van der Waals surface area contributed by atoms with Crippen molar-refractivity contribution in [3.8, 4) is 5.75 Å². The molecule has 0 aliphatic heterocycles. The zero-order valence-corrected chi connectivity index (χ0v) is 15.9. The van der Waals surface area contributed by atoms with Gasteiger partial charge in [0, 0.05) is 22.8 Å². The lowest BCUT2D eigenvalue weighted by Gasteiger charge is -2.16. The van der Waals surface area contributed by atoms with Crippen molar-refractivity contribution in [1.82, 2.24) is 0 Å². The second kappa shape index (κ2) is 8.32. The molecule has 0 heterocycles. The van der Waals surface area contributed by atoms with Crippen LogP contribution in [0.5, 0.6) is 5.75 Å². The quantitative estimate of drug-likeness (QED) is 0.389. The predicted molar refractivity (Wildman–Crippen MR) is 113 cm³/mol. The summed E-state index contributed by atoms with van der Waals surface area (Å²) in [5, 5.41) is 6.44. The molecule has 0 amide bonds. The van der Waals surface area contributed by atoms with Crippen molar-refractivity contribution in [2.45, 2.75) is 13.2 Å². The molecule has 0 aromatic heterocycles. The summed E-state index contributed by atoms with van der Waals surface area (Å²) in [5.41, 5.74) is 2.99. The van der Waals surface area contributed by atoms with Crippen molar-refractivity contribution in [3.05, 3.63) is 107 Å². The van der Waals surface area contributed by atoms with Gasteiger partial charge in [-0.3, -0.25) is 0 Å². The first-order valence-electron chi connectivity index (χ1n) is 9.06. The highest BCUT2D eigenvalue weighted by Gasteiger charge is 2.10. The molecule has 0 bridgehead atoms. The lowest BCUT2D eigenvalue weighted by atomic mass is 10.0. The Morgan fingerprint density at radius 1 is 0.821 bits per heavy atom. The van der Waals surface area contributed by atoms with E-state index >= 15 is 0 Å². The summed E-state index contributed by atoms with van der Waals surface area (Å²) in [4.78, 5) is 0. The van der Waals surface area contributed by atoms with Crippen LogP contribution in [-0.2, 0) is 13.2 Å². The minimum atomic E-state index is -0.248. The van der Waals surface area contributed by atoms with E-state index in [0.29, 0.717) is 18.2 Å². The average molecular weight is 392 g/mol. The minimum absolute atomic E-state index is 0.248. The Bertz CT molecular complexity index is 1080. The molecule has 4 heteroatoms. The highest BCUT2D eigenvalue weighted by molar-refractivity contribution is 6.30. The lowest BCUT2D eigenvalue weighted by Crippen LogP contribution is -2.04. The van der Waals surface area contributed by atoms with Crippen LogP contribution in [-0.4, -0.2) is 0 Å². The van der Waals surface area contributed by atoms with Crippen molar-refractivity contribution in [2.75, 3.05) is 5.32 Å². The van der Waals surface area contributed by atoms with Crippen LogP contribution in [0.25, 0.3) is 10.8 Å². The van der Waals surface area contributed by atoms with Crippen molar-refractivity contribution >= 4 is 28.1 Å². The molecular weight excluding hydrogens is 373 g/mol. The maximum absolute atomic E-state index is 13.1. The fourth-order valence-corrected chi connectivity index (χ4v) is 3.26. The van der Waals surface area contributed by atoms with Gasteiger partial charge in [-0.2, -0.15) is 0 Å². The molecule has 0 radical (unpaired) electrons. The van der Waals surface area contributed by atoms with E-state index in [0.717, 1.165) is 33.3 Å². The van der Waals surface area contributed by atoms with Crippen LogP contribution in [0.4, 0.5) is 10.1 Å². The van der Waals surface area contributed by atoms with Crippen LogP contribution in [0.3, 0.4) is 0 Å². The zero-order valence-electron chi connectivity index (χ0n) is 15.2. The van der Waals surface area contributed by atoms with E-state index in [1.807, 2.05) is 42.5 Å². The van der Waals surface area contributed by atoms with Crippen LogP contribution in [0.2, 0.25) is 5.02 Å². The first-order valence-corrected chi connectivity index (χ1v) is 9.44. The van der Waals surface area contributed by atoms with Gasteiger partial charge < -0.3 is 10.1 Å². The average Bonchev–Trinajstić information content (AvgIpc) is 2.73. The maximum atomic E-state index is 13.1. The Morgan fingerprint density at radius 3 is 2.36 bits per heavy atom. The van der Waals surface area contributed by atoms with Gasteiger partial charge >= 0.3 is 0 Å². The molecule has 2 nitrogen and oxygen atoms in total. The third-order valence-corrected chi connectivity index (χ3v) is 4.87. The summed E-state index contributed by atoms with van der Waals surface area (Å²) in [6.45, 7) is 0.994. The second-order valence-corrected chi connectivity index (χ2v) is 6.98. The first kappa shape index (κ1) is 18.3. The highest BCUT2D eigenvalue weighted by atomic mass is 35.5. The van der Waals surface area contributed by atoms with E-state index < -0.39 is 0 Å². The number of fused-ring (bicyclic) bond motifs is 1. The van der Waals surface area contributed by atoms with Gasteiger partial charge in [-0.15, -0.1) is 0 Å². The van der Waals surface area contributed by atoms with Crippen molar-refractivity contribution in [3.63, 3.8) is 0 Å². The monoisotopic (exact) mass is 391 g/mol. The third-order valence-electron chi connectivity index (χ3n) is 4.62. The molecule has 0 spiro atoms. The molecule has 140 valence electrons. The van der Waals surface area contributed by atoms with Crippen LogP contribution < -0.4 is 10.1 Å². The van der Waals surface area contributed by atoms with E-state index in [4.69, 9.17) is 16.3 Å². The van der Waals surface area contributed by atoms with Gasteiger partial charge in [-0.1, -0.05) is 54.1 Å². The standard InChI is InChI=1S/C24H19ClFNO/c25-19-8-12-21(13-9-19)27-15-23-22-4-2-1-3-18(22)7-14-24(23)28-16-17-5-10-20(26)11-6-17/h1-14,27H,15-16H2. The lowest BCUT2D eigenvalue weighted by molar-refractivity contribution is 0.303. The van der Waals surface area contributed by atoms with Crippen LogP contribution >= 0.6 is 11.6 Å². The number of anilines is 1. The molecule has 0 aliphatic rings. The minimum Gasteiger partial charge on any atom is -0.489 e. The van der Waals surface area contributed by atoms with Gasteiger partial charge in [0.15, 0.2) is 0 Å². The molecule has 0 saturated carbocycles. The summed E-state index contributed by atoms with van der Waals surface area (Å²) < 4.78 is 19.2. The van der Waals surface area contributed by atoms with Crippen molar-refractivity contribution in [1.29, 1.82) is 0 Å². The Kier molecular flexibility index (Phi) is 5.45. The number of ether oxygens (including phenoxy) is 1. The molecule has 1 N–H and O–H groups in total. The molecule has 4 aromatic carbocycles. The van der Waals surface area contributed by atoms with Gasteiger partial charge in [-0.05, 0) is 58.8 Å². The number of hydrogen-bond donors (Lipinski definition) is 1. The molecule has 0 saturated heterocycles. The molecular formula is C24H19ClFNO. The van der Waals surface area contributed by atoms with E-state index in [2.05, 4.69) is 23.5 Å². The fourth-order valence-electron chi connectivity index (χ4n) is 3.13. The van der Waals surface area contributed by atoms with E-state index in [1.165, 1.54) is 12.1 Å². The van der Waals surface area contributed by atoms with Gasteiger partial charge in [-0.25, -0.2) is 4.39 Å². The Morgan fingerprint density at radius 2 is 1.57 bits per heavy atom. The van der Waals surface area contributed by atoms with Crippen LogP contribution in [0, 0.1) is 5.82 Å². The summed E-state index contributed by atoms with van der Waals surface area (Å²) in [6, 6.07) is 26.3. The SMILES string of the molecule is Fc1ccc(COc2ccc3ccccc3c2CNc2ccc(Cl)cc2)cc1. The van der Waals surface area contributed by atoms with Crippen LogP contribution in [0.15, 0.2) is 84.9 Å². The Labute approximate surface area is 168 Å². The molecule has 0 atom stereocenters. The largest absolute Gasteiger partial charge is 0.489 e. The summed E-state index contributed by atoms with van der Waals surface area (Å²) in [5.74, 6) is 0.562. The zero-order chi connectivity index (χ0) is 19.3. The Balaban J connectivity index is 1.60. The Hall–Kier alpha value is -3.04. The molecule has 28 heavy (non-hydrogen) atoms. The van der Waals surface area contributed by atoms with E-state index in [1.54, 1.807) is 12.1 Å². The number of hydrogen-bond acceptors (Lipinski definition) is 2. The normalized spacial score (nSPS) is 10.8. The van der Waals surface area contributed by atoms with Gasteiger partial charge in [0.2, 0.25) is 0 Å². The van der Waals surface area contributed by atoms with Crippen molar-refractivity contribution in [2.24, 2.45) is 0 Å². The van der Waals surface area contributed by atoms with Gasteiger partial charge in [0.25, 0.3) is 0 Å². The second-order valence-electron chi connectivity index (χ2n) is 6.54. The number of rotatable bonds is 6. The third kappa shape index (κ3) is 4.26. The number of benzene rings is 4. The first-order chi connectivity index (χ1) is 13.7. The maximum Gasteiger partial charge on any atom is 0.125 e. The predicted octanol–water partition coefficient (Wildman–Crippen LogP) is 6.82. The summed E-state index contributed by atoms with van der Waals surface area (Å²) >= 11 is 5.97. The molecule has 0 fully saturated rings. The summed E-state index contributed by atoms with van der Waals surface area (Å²) in [7, 11) is 0. The summed E-state index contributed by atoms with van der Waals surface area (Å²) in [6.07, 6.45) is 0. The van der Waals surface area contributed by atoms with E-state index in [-0.39, 0.29) is 5.82 Å². The topological polar surface area (TPSA) is 21.3 Å². The molecule has 0 aliphatic carbocycles. The number of nitrogens with one attached hydrogen (secondary N) is 1. The number of halogens is 2. The smallest absolute Gasteiger partial charge is 0.125 e. The van der Waals surface area contributed by atoms with Gasteiger partial charge in [0.1, 0.15) is 18.2 Å². The van der Waals surface area contributed by atoms with Crippen LogP contribution in [0.1, 0.15) is 11.1 Å². The molecule has 0 unspecified atom stereocenters. The molecule has 4 aromatic rings. The fraction of sp³-hybridized carbons (Fsp3) is 0.0833. The highest BCUT2D eigenvalue weighted by Crippen LogP contribution is 2.30. The van der Waals surface area contributed by atoms with Gasteiger partial charge in [0.05, 0.1) is 0 Å².